The first-order chi connectivity index (χ1) is 13.9. The van der Waals surface area contributed by atoms with Gasteiger partial charge in [-0.15, -0.1) is 0 Å². The van der Waals surface area contributed by atoms with Gasteiger partial charge in [0.25, 0.3) is 5.91 Å². The number of nitrogen functional groups attached to an aromatic ring is 1. The Morgan fingerprint density at radius 3 is 2.55 bits per heavy atom. The van der Waals surface area contributed by atoms with E-state index in [1.54, 1.807) is 11.5 Å². The number of benzene rings is 1. The van der Waals surface area contributed by atoms with Crippen molar-refractivity contribution in [1.29, 1.82) is 5.26 Å². The maximum absolute atomic E-state index is 12.4. The van der Waals surface area contributed by atoms with Gasteiger partial charge in [0.2, 0.25) is 0 Å². The average Bonchev–Trinajstić information content (AvgIpc) is 2.96. The summed E-state index contributed by atoms with van der Waals surface area (Å²) in [5.74, 6) is -1.24. The van der Waals surface area contributed by atoms with E-state index in [1.165, 1.54) is 12.4 Å². The number of hydrogen-bond acceptors (Lipinski definition) is 7. The summed E-state index contributed by atoms with van der Waals surface area (Å²) in [4.78, 5) is 32.0. The molecule has 1 amide bonds. The van der Waals surface area contributed by atoms with Crippen molar-refractivity contribution in [1.82, 2.24) is 14.5 Å². The van der Waals surface area contributed by atoms with Gasteiger partial charge in [-0.25, -0.2) is 14.8 Å². The Morgan fingerprint density at radius 2 is 1.90 bits per heavy atom. The fraction of sp³-hybridized carbons (Fsp3) is 0.150. The van der Waals surface area contributed by atoms with Crippen LogP contribution in [0.3, 0.4) is 0 Å². The number of para-hydroxylation sites is 1. The molecule has 0 bridgehead atoms. The van der Waals surface area contributed by atoms with Crippen molar-refractivity contribution in [3.8, 4) is 11.8 Å². The number of amides is 1. The topological polar surface area (TPSA) is 136 Å². The van der Waals surface area contributed by atoms with Crippen LogP contribution in [0.4, 0.5) is 11.6 Å². The molecule has 0 saturated heterocycles. The SMILES string of the molecule is Cc1c(C#N)c(NC(=O)COC(=O)c2nccnc2N)n(-c2ccccc2)c1C. The number of nitrogens with two attached hydrogens (primary N) is 1. The Kier molecular flexibility index (Phi) is 5.55. The number of nitriles is 1. The first-order valence-corrected chi connectivity index (χ1v) is 8.65. The van der Waals surface area contributed by atoms with Crippen LogP contribution < -0.4 is 11.1 Å². The highest BCUT2D eigenvalue weighted by molar-refractivity contribution is 5.97. The molecule has 2 heterocycles. The first kappa shape index (κ1) is 19.6. The average molecular weight is 390 g/mol. The molecule has 0 aliphatic rings. The molecule has 146 valence electrons. The molecule has 9 heteroatoms. The molecule has 0 fully saturated rings. The van der Waals surface area contributed by atoms with Crippen molar-refractivity contribution in [2.45, 2.75) is 13.8 Å². The van der Waals surface area contributed by atoms with E-state index in [-0.39, 0.29) is 11.5 Å². The zero-order chi connectivity index (χ0) is 21.0. The van der Waals surface area contributed by atoms with Crippen LogP contribution in [-0.2, 0) is 9.53 Å². The molecule has 0 aliphatic carbocycles. The van der Waals surface area contributed by atoms with Gasteiger partial charge in [-0.3, -0.25) is 9.36 Å². The molecule has 0 saturated carbocycles. The van der Waals surface area contributed by atoms with Crippen LogP contribution in [0.15, 0.2) is 42.7 Å². The molecule has 2 aromatic heterocycles. The highest BCUT2D eigenvalue weighted by atomic mass is 16.5. The summed E-state index contributed by atoms with van der Waals surface area (Å²) in [6, 6.07) is 11.4. The Bertz CT molecular complexity index is 1120. The summed E-state index contributed by atoms with van der Waals surface area (Å²) >= 11 is 0. The number of esters is 1. The fourth-order valence-electron chi connectivity index (χ4n) is 2.83. The zero-order valence-electron chi connectivity index (χ0n) is 15.8. The van der Waals surface area contributed by atoms with E-state index in [2.05, 4.69) is 21.4 Å². The van der Waals surface area contributed by atoms with E-state index in [9.17, 15) is 14.9 Å². The molecule has 3 aromatic rings. The van der Waals surface area contributed by atoms with E-state index in [0.717, 1.165) is 16.9 Å². The second-order valence-corrected chi connectivity index (χ2v) is 6.13. The van der Waals surface area contributed by atoms with Crippen LogP contribution in [0, 0.1) is 25.2 Å². The van der Waals surface area contributed by atoms with Crippen molar-refractivity contribution < 1.29 is 14.3 Å². The van der Waals surface area contributed by atoms with Gasteiger partial charge in [-0.05, 0) is 31.5 Å². The zero-order valence-corrected chi connectivity index (χ0v) is 15.8. The molecule has 0 radical (unpaired) electrons. The second-order valence-electron chi connectivity index (χ2n) is 6.13. The molecular formula is C20H18N6O3. The van der Waals surface area contributed by atoms with Gasteiger partial charge in [0.1, 0.15) is 11.9 Å². The smallest absolute Gasteiger partial charge is 0.361 e. The molecule has 0 spiro atoms. The lowest BCUT2D eigenvalue weighted by Gasteiger charge is -2.13. The number of nitrogens with one attached hydrogen (secondary N) is 1. The Morgan fingerprint density at radius 1 is 1.21 bits per heavy atom. The van der Waals surface area contributed by atoms with Crippen LogP contribution in [0.5, 0.6) is 0 Å². The van der Waals surface area contributed by atoms with Gasteiger partial charge in [0, 0.05) is 23.8 Å². The summed E-state index contributed by atoms with van der Waals surface area (Å²) in [6.07, 6.45) is 2.63. The van der Waals surface area contributed by atoms with Crippen LogP contribution in [0.25, 0.3) is 5.69 Å². The summed E-state index contributed by atoms with van der Waals surface area (Å²) in [5.41, 5.74) is 8.09. The standard InChI is InChI=1S/C20H18N6O3/c1-12-13(2)26(14-6-4-3-5-7-14)19(15(12)10-21)25-16(27)11-29-20(28)17-18(22)24-9-8-23-17/h3-9H,11H2,1-2H3,(H2,22,24)(H,25,27). The van der Waals surface area contributed by atoms with Gasteiger partial charge >= 0.3 is 5.97 Å². The number of ether oxygens (including phenoxy) is 1. The van der Waals surface area contributed by atoms with Gasteiger partial charge in [0.05, 0.1) is 5.56 Å². The van der Waals surface area contributed by atoms with Crippen molar-refractivity contribution in [3.05, 3.63) is 65.2 Å². The van der Waals surface area contributed by atoms with Gasteiger partial charge in [-0.2, -0.15) is 5.26 Å². The quantitative estimate of drug-likeness (QED) is 0.637. The van der Waals surface area contributed by atoms with Crippen LogP contribution >= 0.6 is 0 Å². The lowest BCUT2D eigenvalue weighted by Crippen LogP contribution is -2.23. The lowest BCUT2D eigenvalue weighted by atomic mass is 10.2. The largest absolute Gasteiger partial charge is 0.451 e. The number of anilines is 2. The Balaban J connectivity index is 1.82. The number of carbonyl (C=O) groups excluding carboxylic acids is 2. The van der Waals surface area contributed by atoms with Crippen molar-refractivity contribution in [2.75, 3.05) is 17.7 Å². The monoisotopic (exact) mass is 390 g/mol. The van der Waals surface area contributed by atoms with Gasteiger partial charge in [-0.1, -0.05) is 18.2 Å². The minimum absolute atomic E-state index is 0.0890. The molecule has 0 atom stereocenters. The highest BCUT2D eigenvalue weighted by Crippen LogP contribution is 2.29. The van der Waals surface area contributed by atoms with E-state index in [4.69, 9.17) is 10.5 Å². The molecule has 3 rings (SSSR count). The third kappa shape index (κ3) is 3.91. The number of nitrogens with zero attached hydrogens (tertiary/aromatic N) is 4. The van der Waals surface area contributed by atoms with Crippen LogP contribution in [0.2, 0.25) is 0 Å². The number of rotatable bonds is 5. The van der Waals surface area contributed by atoms with Crippen LogP contribution in [-0.4, -0.2) is 33.0 Å². The molecule has 0 aliphatic heterocycles. The van der Waals surface area contributed by atoms with E-state index >= 15 is 0 Å². The predicted molar refractivity (Wildman–Crippen MR) is 105 cm³/mol. The minimum Gasteiger partial charge on any atom is -0.451 e. The van der Waals surface area contributed by atoms with Gasteiger partial charge in [0.15, 0.2) is 18.1 Å². The summed E-state index contributed by atoms with van der Waals surface area (Å²) in [6.45, 7) is 3.09. The maximum Gasteiger partial charge on any atom is 0.361 e. The summed E-state index contributed by atoms with van der Waals surface area (Å²) in [7, 11) is 0. The third-order valence-electron chi connectivity index (χ3n) is 4.35. The van der Waals surface area contributed by atoms with Gasteiger partial charge < -0.3 is 15.8 Å². The van der Waals surface area contributed by atoms with Crippen molar-refractivity contribution in [2.24, 2.45) is 0 Å². The van der Waals surface area contributed by atoms with Crippen molar-refractivity contribution >= 4 is 23.5 Å². The molecule has 3 N–H and O–H groups in total. The number of hydrogen-bond donors (Lipinski definition) is 2. The van der Waals surface area contributed by atoms with Crippen molar-refractivity contribution in [3.63, 3.8) is 0 Å². The normalized spacial score (nSPS) is 10.2. The molecule has 29 heavy (non-hydrogen) atoms. The first-order valence-electron chi connectivity index (χ1n) is 8.65. The molecule has 1 aromatic carbocycles. The van der Waals surface area contributed by atoms with E-state index < -0.39 is 18.5 Å². The Labute approximate surface area is 166 Å². The van der Waals surface area contributed by atoms with Crippen LogP contribution in [0.1, 0.15) is 27.3 Å². The summed E-state index contributed by atoms with van der Waals surface area (Å²) in [5, 5.41) is 12.2. The highest BCUT2D eigenvalue weighted by Gasteiger charge is 2.22. The molecule has 9 nitrogen and oxygen atoms in total. The fourth-order valence-corrected chi connectivity index (χ4v) is 2.83. The van der Waals surface area contributed by atoms with E-state index in [1.807, 2.05) is 37.3 Å². The molecular weight excluding hydrogens is 372 g/mol. The Hall–Kier alpha value is -4.19. The van der Waals surface area contributed by atoms with E-state index in [0.29, 0.717) is 11.4 Å². The predicted octanol–water partition coefficient (Wildman–Crippen LogP) is 2.13. The summed E-state index contributed by atoms with van der Waals surface area (Å²) < 4.78 is 6.75. The molecule has 0 unspecified atom stereocenters. The maximum atomic E-state index is 12.4. The minimum atomic E-state index is -0.864. The third-order valence-corrected chi connectivity index (χ3v) is 4.35. The number of carbonyl (C=O) groups is 2. The lowest BCUT2D eigenvalue weighted by molar-refractivity contribution is -0.119. The second kappa shape index (κ2) is 8.22. The number of aromatic nitrogens is 3.